The molecule has 0 radical (unpaired) electrons. The molecule has 15 heavy (non-hydrogen) atoms. The molecule has 0 saturated heterocycles. The van der Waals surface area contributed by atoms with E-state index in [2.05, 4.69) is 6.58 Å². The van der Waals surface area contributed by atoms with Crippen LogP contribution in [0.3, 0.4) is 0 Å². The highest BCUT2D eigenvalue weighted by Gasteiger charge is 2.10. The molecule has 0 aliphatic heterocycles. The zero-order chi connectivity index (χ0) is 11.7. The SMILES string of the molecule is C=C(COC(C)=O)CC(OCC)OCC. The van der Waals surface area contributed by atoms with Gasteiger partial charge in [-0.3, -0.25) is 4.79 Å². The Labute approximate surface area is 91.2 Å². The first kappa shape index (κ1) is 14.1. The Bertz CT molecular complexity index is 195. The molecule has 0 spiro atoms. The lowest BCUT2D eigenvalue weighted by atomic mass is 10.2. The summed E-state index contributed by atoms with van der Waals surface area (Å²) in [6, 6.07) is 0. The molecule has 0 aromatic heterocycles. The van der Waals surface area contributed by atoms with E-state index in [9.17, 15) is 4.79 Å². The molecule has 0 N–H and O–H groups in total. The van der Waals surface area contributed by atoms with Crippen LogP contribution >= 0.6 is 0 Å². The first-order chi connectivity index (χ1) is 7.10. The Morgan fingerprint density at radius 2 is 1.80 bits per heavy atom. The highest BCUT2D eigenvalue weighted by atomic mass is 16.7. The summed E-state index contributed by atoms with van der Waals surface area (Å²) in [4.78, 5) is 10.6. The fraction of sp³-hybridized carbons (Fsp3) is 0.727. The van der Waals surface area contributed by atoms with Crippen LogP contribution in [0.2, 0.25) is 0 Å². The number of ether oxygens (including phenoxy) is 3. The van der Waals surface area contributed by atoms with Gasteiger partial charge in [0.15, 0.2) is 6.29 Å². The van der Waals surface area contributed by atoms with Crippen molar-refractivity contribution in [2.75, 3.05) is 19.8 Å². The van der Waals surface area contributed by atoms with Crippen molar-refractivity contribution in [1.82, 2.24) is 0 Å². The predicted octanol–water partition coefficient (Wildman–Crippen LogP) is 1.89. The van der Waals surface area contributed by atoms with E-state index >= 15 is 0 Å². The van der Waals surface area contributed by atoms with Crippen LogP contribution in [0.5, 0.6) is 0 Å². The van der Waals surface area contributed by atoms with Crippen molar-refractivity contribution < 1.29 is 19.0 Å². The van der Waals surface area contributed by atoms with Gasteiger partial charge in [0.25, 0.3) is 0 Å². The van der Waals surface area contributed by atoms with Crippen molar-refractivity contribution in [2.24, 2.45) is 0 Å². The quantitative estimate of drug-likeness (QED) is 0.353. The number of esters is 1. The monoisotopic (exact) mass is 216 g/mol. The van der Waals surface area contributed by atoms with Crippen LogP contribution in [0.25, 0.3) is 0 Å². The highest BCUT2D eigenvalue weighted by molar-refractivity contribution is 5.66. The van der Waals surface area contributed by atoms with Gasteiger partial charge in [-0.1, -0.05) is 6.58 Å². The normalized spacial score (nSPS) is 10.4. The molecule has 0 unspecified atom stereocenters. The minimum Gasteiger partial charge on any atom is -0.461 e. The van der Waals surface area contributed by atoms with Crippen LogP contribution < -0.4 is 0 Å². The molecule has 4 nitrogen and oxygen atoms in total. The fourth-order valence-electron chi connectivity index (χ4n) is 1.04. The zero-order valence-corrected chi connectivity index (χ0v) is 9.75. The van der Waals surface area contributed by atoms with Gasteiger partial charge in [-0.05, 0) is 19.4 Å². The summed E-state index contributed by atoms with van der Waals surface area (Å²) >= 11 is 0. The second-order valence-electron chi connectivity index (χ2n) is 3.07. The lowest BCUT2D eigenvalue weighted by molar-refractivity contribution is -0.143. The topological polar surface area (TPSA) is 44.8 Å². The first-order valence-corrected chi connectivity index (χ1v) is 5.13. The molecule has 0 fully saturated rings. The minimum atomic E-state index is -0.305. The maximum Gasteiger partial charge on any atom is 0.302 e. The molecule has 0 bridgehead atoms. The van der Waals surface area contributed by atoms with Gasteiger partial charge in [0.2, 0.25) is 0 Å². The predicted molar refractivity (Wildman–Crippen MR) is 57.4 cm³/mol. The van der Waals surface area contributed by atoms with Crippen molar-refractivity contribution in [3.8, 4) is 0 Å². The van der Waals surface area contributed by atoms with E-state index in [1.807, 2.05) is 13.8 Å². The average molecular weight is 216 g/mol. The second kappa shape index (κ2) is 8.44. The van der Waals surface area contributed by atoms with E-state index in [-0.39, 0.29) is 18.9 Å². The lowest BCUT2D eigenvalue weighted by Gasteiger charge is -2.17. The van der Waals surface area contributed by atoms with E-state index in [1.165, 1.54) is 6.92 Å². The van der Waals surface area contributed by atoms with Gasteiger partial charge in [0.05, 0.1) is 0 Å². The Kier molecular flexibility index (Phi) is 7.95. The van der Waals surface area contributed by atoms with Crippen molar-refractivity contribution >= 4 is 5.97 Å². The summed E-state index contributed by atoms with van der Waals surface area (Å²) in [7, 11) is 0. The van der Waals surface area contributed by atoms with Gasteiger partial charge in [-0.15, -0.1) is 0 Å². The summed E-state index contributed by atoms with van der Waals surface area (Å²) in [5.74, 6) is -0.305. The van der Waals surface area contributed by atoms with Crippen molar-refractivity contribution in [1.29, 1.82) is 0 Å². The molecule has 0 atom stereocenters. The number of rotatable bonds is 8. The van der Waals surface area contributed by atoms with Gasteiger partial charge in [0, 0.05) is 26.6 Å². The summed E-state index contributed by atoms with van der Waals surface area (Å²) in [6.07, 6.45) is 0.262. The maximum atomic E-state index is 10.6. The molecular weight excluding hydrogens is 196 g/mol. The zero-order valence-electron chi connectivity index (χ0n) is 9.75. The summed E-state index contributed by atoms with van der Waals surface area (Å²) in [5, 5.41) is 0. The first-order valence-electron chi connectivity index (χ1n) is 5.13. The van der Waals surface area contributed by atoms with E-state index in [4.69, 9.17) is 14.2 Å². The molecule has 0 saturated carbocycles. The fourth-order valence-corrected chi connectivity index (χ4v) is 1.04. The number of hydrogen-bond donors (Lipinski definition) is 0. The number of carbonyl (C=O) groups is 1. The van der Waals surface area contributed by atoms with E-state index in [0.29, 0.717) is 19.6 Å². The van der Waals surface area contributed by atoms with Gasteiger partial charge >= 0.3 is 5.97 Å². The minimum absolute atomic E-state index is 0.228. The second-order valence-corrected chi connectivity index (χ2v) is 3.07. The van der Waals surface area contributed by atoms with Gasteiger partial charge in [-0.2, -0.15) is 0 Å². The van der Waals surface area contributed by atoms with Gasteiger partial charge < -0.3 is 14.2 Å². The summed E-state index contributed by atoms with van der Waals surface area (Å²) in [5.41, 5.74) is 0.789. The molecule has 0 aliphatic rings. The van der Waals surface area contributed by atoms with Crippen molar-refractivity contribution in [3.63, 3.8) is 0 Å². The average Bonchev–Trinajstić information content (AvgIpc) is 2.15. The molecule has 4 heteroatoms. The molecule has 0 aromatic rings. The summed E-state index contributed by atoms with van der Waals surface area (Å²) in [6.45, 7) is 10.4. The van der Waals surface area contributed by atoms with Crippen LogP contribution in [0.4, 0.5) is 0 Å². The van der Waals surface area contributed by atoms with Crippen LogP contribution in [0.15, 0.2) is 12.2 Å². The molecular formula is C11H20O4. The molecule has 0 aliphatic carbocycles. The smallest absolute Gasteiger partial charge is 0.302 e. The van der Waals surface area contributed by atoms with Crippen LogP contribution in [0, 0.1) is 0 Å². The number of hydrogen-bond acceptors (Lipinski definition) is 4. The van der Waals surface area contributed by atoms with E-state index in [1.54, 1.807) is 0 Å². The van der Waals surface area contributed by atoms with E-state index in [0.717, 1.165) is 5.57 Å². The Hall–Kier alpha value is -0.870. The van der Waals surface area contributed by atoms with Crippen LogP contribution in [-0.4, -0.2) is 32.1 Å². The third kappa shape index (κ3) is 8.15. The standard InChI is InChI=1S/C11H20O4/c1-5-13-11(14-6-2)7-9(3)8-15-10(4)12/h11H,3,5-8H2,1-2,4H3. The molecule has 0 rings (SSSR count). The largest absolute Gasteiger partial charge is 0.461 e. The van der Waals surface area contributed by atoms with Crippen LogP contribution in [0.1, 0.15) is 27.2 Å². The van der Waals surface area contributed by atoms with Gasteiger partial charge in [0.1, 0.15) is 6.61 Å². The highest BCUT2D eigenvalue weighted by Crippen LogP contribution is 2.09. The third-order valence-corrected chi connectivity index (χ3v) is 1.64. The van der Waals surface area contributed by atoms with Crippen molar-refractivity contribution in [3.05, 3.63) is 12.2 Å². The Morgan fingerprint density at radius 3 is 2.20 bits per heavy atom. The van der Waals surface area contributed by atoms with Crippen LogP contribution in [-0.2, 0) is 19.0 Å². The Balaban J connectivity index is 3.82. The summed E-state index contributed by atoms with van der Waals surface area (Å²) < 4.78 is 15.5. The maximum absolute atomic E-state index is 10.6. The molecule has 88 valence electrons. The third-order valence-electron chi connectivity index (χ3n) is 1.64. The molecule has 0 aromatic carbocycles. The molecule has 0 heterocycles. The number of carbonyl (C=O) groups excluding carboxylic acids is 1. The Morgan fingerprint density at radius 1 is 1.27 bits per heavy atom. The molecule has 0 amide bonds. The lowest BCUT2D eigenvalue weighted by Crippen LogP contribution is -2.19. The van der Waals surface area contributed by atoms with Gasteiger partial charge in [-0.25, -0.2) is 0 Å². The van der Waals surface area contributed by atoms with Crippen molar-refractivity contribution in [2.45, 2.75) is 33.5 Å². The van der Waals surface area contributed by atoms with E-state index < -0.39 is 0 Å².